The van der Waals surface area contributed by atoms with Gasteiger partial charge in [-0.05, 0) is 37.1 Å². The molecular formula is C18H21N3O4S. The summed E-state index contributed by atoms with van der Waals surface area (Å²) in [5.41, 5.74) is 3.40. The molecule has 3 rings (SSSR count). The standard InChI is InChI=1S/C18H21N3O4S/c1-14-4-3-5-15(2)18(14)19-10-12-20(13-11-19)26(24,25)17-8-6-16(7-9-17)21(22)23/h3-9H,10-13H2,1-2H3. The lowest BCUT2D eigenvalue weighted by atomic mass is 10.1. The normalized spacial score (nSPS) is 15.8. The van der Waals surface area contributed by atoms with Crippen molar-refractivity contribution in [3.8, 4) is 0 Å². The van der Waals surface area contributed by atoms with E-state index in [1.54, 1.807) is 0 Å². The molecule has 0 radical (unpaired) electrons. The number of nitrogens with zero attached hydrogens (tertiary/aromatic N) is 3. The third-order valence-corrected chi connectivity index (χ3v) is 6.59. The quantitative estimate of drug-likeness (QED) is 0.606. The van der Waals surface area contributed by atoms with Crippen molar-refractivity contribution in [2.24, 2.45) is 0 Å². The fraction of sp³-hybridized carbons (Fsp3) is 0.333. The highest BCUT2D eigenvalue weighted by Crippen LogP contribution is 2.27. The summed E-state index contributed by atoms with van der Waals surface area (Å²) >= 11 is 0. The third-order valence-electron chi connectivity index (χ3n) is 4.68. The van der Waals surface area contributed by atoms with Crippen molar-refractivity contribution in [3.05, 3.63) is 63.7 Å². The molecule has 0 N–H and O–H groups in total. The molecule has 1 fully saturated rings. The molecule has 0 unspecified atom stereocenters. The summed E-state index contributed by atoms with van der Waals surface area (Å²) in [6.07, 6.45) is 0. The van der Waals surface area contributed by atoms with Gasteiger partial charge in [0.25, 0.3) is 5.69 Å². The lowest BCUT2D eigenvalue weighted by Crippen LogP contribution is -2.49. The first-order valence-electron chi connectivity index (χ1n) is 8.36. The number of non-ortho nitro benzene ring substituents is 1. The van der Waals surface area contributed by atoms with Gasteiger partial charge in [0.1, 0.15) is 0 Å². The van der Waals surface area contributed by atoms with E-state index in [9.17, 15) is 18.5 Å². The third kappa shape index (κ3) is 3.42. The Balaban J connectivity index is 1.75. The Morgan fingerprint density at radius 2 is 1.46 bits per heavy atom. The van der Waals surface area contributed by atoms with Crippen LogP contribution >= 0.6 is 0 Å². The average molecular weight is 375 g/mol. The first kappa shape index (κ1) is 18.3. The highest BCUT2D eigenvalue weighted by atomic mass is 32.2. The molecule has 0 aromatic heterocycles. The molecule has 2 aromatic carbocycles. The molecule has 1 aliphatic heterocycles. The molecule has 0 atom stereocenters. The average Bonchev–Trinajstić information content (AvgIpc) is 2.62. The molecule has 0 spiro atoms. The van der Waals surface area contributed by atoms with E-state index >= 15 is 0 Å². The second-order valence-corrected chi connectivity index (χ2v) is 8.32. The Kier molecular flexibility index (Phi) is 4.97. The number of nitro groups is 1. The predicted octanol–water partition coefficient (Wildman–Crippen LogP) is 2.72. The molecule has 8 heteroatoms. The highest BCUT2D eigenvalue weighted by molar-refractivity contribution is 7.89. The number of hydrogen-bond acceptors (Lipinski definition) is 5. The molecule has 1 saturated heterocycles. The number of anilines is 1. The second kappa shape index (κ2) is 7.05. The number of hydrogen-bond donors (Lipinski definition) is 0. The number of rotatable bonds is 4. The Bertz CT molecular complexity index is 898. The Labute approximate surface area is 153 Å². The lowest BCUT2D eigenvalue weighted by Gasteiger charge is -2.36. The second-order valence-electron chi connectivity index (χ2n) is 6.38. The van der Waals surface area contributed by atoms with E-state index in [4.69, 9.17) is 0 Å². The van der Waals surface area contributed by atoms with Crippen LogP contribution < -0.4 is 4.90 Å². The lowest BCUT2D eigenvalue weighted by molar-refractivity contribution is -0.384. The highest BCUT2D eigenvalue weighted by Gasteiger charge is 2.29. The van der Waals surface area contributed by atoms with Crippen LogP contribution in [0.4, 0.5) is 11.4 Å². The van der Waals surface area contributed by atoms with Crippen molar-refractivity contribution >= 4 is 21.4 Å². The molecule has 1 heterocycles. The SMILES string of the molecule is Cc1cccc(C)c1N1CCN(S(=O)(=O)c2ccc([N+](=O)[O-])cc2)CC1. The summed E-state index contributed by atoms with van der Waals surface area (Å²) in [7, 11) is -3.65. The number of sulfonamides is 1. The zero-order valence-corrected chi connectivity index (χ0v) is 15.6. The van der Waals surface area contributed by atoms with Crippen molar-refractivity contribution in [2.75, 3.05) is 31.1 Å². The van der Waals surface area contributed by atoms with Gasteiger partial charge in [0.05, 0.1) is 9.82 Å². The van der Waals surface area contributed by atoms with Crippen LogP contribution in [0.25, 0.3) is 0 Å². The minimum atomic E-state index is -3.65. The molecule has 0 bridgehead atoms. The van der Waals surface area contributed by atoms with Gasteiger partial charge in [-0.15, -0.1) is 0 Å². The van der Waals surface area contributed by atoms with E-state index in [1.807, 2.05) is 6.07 Å². The van der Waals surface area contributed by atoms with Crippen molar-refractivity contribution in [2.45, 2.75) is 18.7 Å². The summed E-state index contributed by atoms with van der Waals surface area (Å²) in [5.74, 6) is 0. The topological polar surface area (TPSA) is 83.8 Å². The van der Waals surface area contributed by atoms with E-state index in [0.29, 0.717) is 26.2 Å². The maximum atomic E-state index is 12.8. The van der Waals surface area contributed by atoms with E-state index < -0.39 is 14.9 Å². The Hall–Kier alpha value is -2.45. The maximum Gasteiger partial charge on any atom is 0.269 e. The molecule has 0 saturated carbocycles. The van der Waals surface area contributed by atoms with Gasteiger partial charge >= 0.3 is 0 Å². The monoisotopic (exact) mass is 375 g/mol. The van der Waals surface area contributed by atoms with Crippen LogP contribution in [0.1, 0.15) is 11.1 Å². The Morgan fingerprint density at radius 1 is 0.923 bits per heavy atom. The number of benzene rings is 2. The van der Waals surface area contributed by atoms with Crippen molar-refractivity contribution in [1.82, 2.24) is 4.31 Å². The van der Waals surface area contributed by atoms with Gasteiger partial charge in [-0.25, -0.2) is 8.42 Å². The number of nitro benzene ring substituents is 1. The summed E-state index contributed by atoms with van der Waals surface area (Å²) < 4.78 is 27.0. The number of aryl methyl sites for hydroxylation is 2. The van der Waals surface area contributed by atoms with Crippen molar-refractivity contribution in [1.29, 1.82) is 0 Å². The maximum absolute atomic E-state index is 12.8. The number of para-hydroxylation sites is 1. The molecule has 26 heavy (non-hydrogen) atoms. The van der Waals surface area contributed by atoms with Gasteiger partial charge < -0.3 is 4.90 Å². The van der Waals surface area contributed by atoms with Crippen molar-refractivity contribution in [3.63, 3.8) is 0 Å². The number of piperazine rings is 1. The fourth-order valence-corrected chi connectivity index (χ4v) is 4.77. The summed E-state index contributed by atoms with van der Waals surface area (Å²) in [6.45, 7) is 6.10. The van der Waals surface area contributed by atoms with Gasteiger partial charge in [0, 0.05) is 44.0 Å². The minimum Gasteiger partial charge on any atom is -0.368 e. The summed E-state index contributed by atoms with van der Waals surface area (Å²) in [6, 6.07) is 11.2. The first-order chi connectivity index (χ1) is 12.3. The molecule has 1 aliphatic rings. The van der Waals surface area contributed by atoms with Crippen LogP contribution in [0, 0.1) is 24.0 Å². The molecule has 138 valence electrons. The van der Waals surface area contributed by atoms with E-state index in [0.717, 1.165) is 0 Å². The van der Waals surface area contributed by atoms with Gasteiger partial charge in [-0.2, -0.15) is 4.31 Å². The largest absolute Gasteiger partial charge is 0.368 e. The van der Waals surface area contributed by atoms with E-state index in [-0.39, 0.29) is 10.6 Å². The zero-order valence-electron chi connectivity index (χ0n) is 14.8. The molecular weight excluding hydrogens is 354 g/mol. The molecule has 7 nitrogen and oxygen atoms in total. The van der Waals surface area contributed by atoms with Crippen LogP contribution in [0.15, 0.2) is 47.4 Å². The van der Waals surface area contributed by atoms with E-state index in [1.165, 1.54) is 45.4 Å². The molecule has 2 aromatic rings. The van der Waals surface area contributed by atoms with Gasteiger partial charge in [0.15, 0.2) is 0 Å². The van der Waals surface area contributed by atoms with Gasteiger partial charge in [-0.1, -0.05) is 18.2 Å². The van der Waals surface area contributed by atoms with Crippen LogP contribution in [0.5, 0.6) is 0 Å². The van der Waals surface area contributed by atoms with Gasteiger partial charge in [0.2, 0.25) is 10.0 Å². The molecule has 0 amide bonds. The smallest absolute Gasteiger partial charge is 0.269 e. The van der Waals surface area contributed by atoms with Crippen molar-refractivity contribution < 1.29 is 13.3 Å². The van der Waals surface area contributed by atoms with E-state index in [2.05, 4.69) is 30.9 Å². The van der Waals surface area contributed by atoms with Crippen LogP contribution in [-0.4, -0.2) is 43.8 Å². The zero-order chi connectivity index (χ0) is 18.9. The van der Waals surface area contributed by atoms with Crippen LogP contribution in [-0.2, 0) is 10.0 Å². The summed E-state index contributed by atoms with van der Waals surface area (Å²) in [4.78, 5) is 12.5. The first-order valence-corrected chi connectivity index (χ1v) is 9.80. The molecule has 0 aliphatic carbocycles. The Morgan fingerprint density at radius 3 is 1.96 bits per heavy atom. The minimum absolute atomic E-state index is 0.0867. The predicted molar refractivity (Wildman–Crippen MR) is 100.0 cm³/mol. The van der Waals surface area contributed by atoms with Gasteiger partial charge in [-0.3, -0.25) is 10.1 Å². The summed E-state index contributed by atoms with van der Waals surface area (Å²) in [5, 5.41) is 10.7. The van der Waals surface area contributed by atoms with Crippen LogP contribution in [0.3, 0.4) is 0 Å². The fourth-order valence-electron chi connectivity index (χ4n) is 3.35. The van der Waals surface area contributed by atoms with Crippen LogP contribution in [0.2, 0.25) is 0 Å².